The van der Waals surface area contributed by atoms with Crippen LogP contribution in [-0.2, 0) is 5.41 Å². The highest BCUT2D eigenvalue weighted by Crippen LogP contribution is 2.57. The second-order valence-electron chi connectivity index (χ2n) is 4.49. The lowest BCUT2D eigenvalue weighted by Gasteiger charge is -2.24. The number of halogens is 1. The zero-order chi connectivity index (χ0) is 12.6. The highest BCUT2D eigenvalue weighted by atomic mass is 19.1. The first kappa shape index (κ1) is 12.2. The van der Waals surface area contributed by atoms with E-state index in [-0.39, 0.29) is 5.75 Å². The zero-order valence-electron chi connectivity index (χ0n) is 10.3. The first-order valence-electron chi connectivity index (χ1n) is 5.66. The Kier molecular flexibility index (Phi) is 3.00. The summed E-state index contributed by atoms with van der Waals surface area (Å²) in [5, 5.41) is 9.89. The third kappa shape index (κ3) is 1.76. The molecule has 0 heterocycles. The van der Waals surface area contributed by atoms with Crippen molar-refractivity contribution >= 4 is 0 Å². The van der Waals surface area contributed by atoms with E-state index in [1.54, 1.807) is 13.0 Å². The van der Waals surface area contributed by atoms with Gasteiger partial charge in [-0.05, 0) is 31.9 Å². The molecule has 94 valence electrons. The highest BCUT2D eigenvalue weighted by molar-refractivity contribution is 5.54. The van der Waals surface area contributed by atoms with Gasteiger partial charge in [0.25, 0.3) is 0 Å². The Bertz CT molecular complexity index is 425. The molecule has 0 bridgehead atoms. The molecule has 1 N–H and O–H groups in total. The van der Waals surface area contributed by atoms with E-state index in [1.165, 1.54) is 20.3 Å². The average molecular weight is 240 g/mol. The van der Waals surface area contributed by atoms with Gasteiger partial charge in [0.1, 0.15) is 5.75 Å². The van der Waals surface area contributed by atoms with E-state index >= 15 is 0 Å². The van der Waals surface area contributed by atoms with Crippen LogP contribution in [0.25, 0.3) is 0 Å². The zero-order valence-corrected chi connectivity index (χ0v) is 10.3. The van der Waals surface area contributed by atoms with Crippen molar-refractivity contribution in [1.82, 2.24) is 0 Å². The SMILES string of the molecule is COc1ccc(F)c(OC)c1C1(C(C)O)CC1. The van der Waals surface area contributed by atoms with Crippen LogP contribution in [0.4, 0.5) is 4.39 Å². The standard InChI is InChI=1S/C13H17FO3/c1-8(15)13(6-7-13)11-10(16-2)5-4-9(14)12(11)17-3/h4-5,8,15H,6-7H2,1-3H3. The lowest BCUT2D eigenvalue weighted by molar-refractivity contribution is 0.146. The summed E-state index contributed by atoms with van der Waals surface area (Å²) < 4.78 is 24.1. The van der Waals surface area contributed by atoms with Crippen LogP contribution in [0.5, 0.6) is 11.5 Å². The summed E-state index contributed by atoms with van der Waals surface area (Å²) in [6.45, 7) is 1.72. The van der Waals surface area contributed by atoms with Crippen molar-refractivity contribution in [3.05, 3.63) is 23.5 Å². The summed E-state index contributed by atoms with van der Waals surface area (Å²) in [5.41, 5.74) is 0.233. The predicted octanol–water partition coefficient (Wildman–Crippen LogP) is 2.26. The van der Waals surface area contributed by atoms with Crippen molar-refractivity contribution in [1.29, 1.82) is 0 Å². The van der Waals surface area contributed by atoms with Crippen LogP contribution in [-0.4, -0.2) is 25.4 Å². The van der Waals surface area contributed by atoms with Crippen molar-refractivity contribution in [3.63, 3.8) is 0 Å². The van der Waals surface area contributed by atoms with Gasteiger partial charge in [-0.1, -0.05) is 0 Å². The first-order chi connectivity index (χ1) is 8.06. The number of aliphatic hydroxyl groups excluding tert-OH is 1. The smallest absolute Gasteiger partial charge is 0.165 e. The molecule has 1 aliphatic rings. The summed E-state index contributed by atoms with van der Waals surface area (Å²) >= 11 is 0. The molecule has 1 fully saturated rings. The van der Waals surface area contributed by atoms with E-state index in [0.717, 1.165) is 12.8 Å². The molecule has 0 aromatic heterocycles. The predicted molar refractivity (Wildman–Crippen MR) is 62.1 cm³/mol. The lowest BCUT2D eigenvalue weighted by Crippen LogP contribution is -2.24. The van der Waals surface area contributed by atoms with Gasteiger partial charge in [-0.3, -0.25) is 0 Å². The van der Waals surface area contributed by atoms with Crippen LogP contribution in [0.15, 0.2) is 12.1 Å². The second kappa shape index (κ2) is 4.18. The first-order valence-corrected chi connectivity index (χ1v) is 5.66. The monoisotopic (exact) mass is 240 g/mol. The third-order valence-electron chi connectivity index (χ3n) is 3.58. The van der Waals surface area contributed by atoms with E-state index in [2.05, 4.69) is 0 Å². The topological polar surface area (TPSA) is 38.7 Å². The normalized spacial score (nSPS) is 18.6. The minimum absolute atomic E-state index is 0.183. The summed E-state index contributed by atoms with van der Waals surface area (Å²) in [6.07, 6.45) is 1.09. The molecular formula is C13H17FO3. The molecule has 2 rings (SSSR count). The molecule has 3 nitrogen and oxygen atoms in total. The van der Waals surface area contributed by atoms with E-state index in [0.29, 0.717) is 11.3 Å². The maximum Gasteiger partial charge on any atom is 0.165 e. The van der Waals surface area contributed by atoms with Gasteiger partial charge >= 0.3 is 0 Å². The molecular weight excluding hydrogens is 223 g/mol. The van der Waals surface area contributed by atoms with Gasteiger partial charge in [0.15, 0.2) is 11.6 Å². The minimum atomic E-state index is -0.549. The maximum absolute atomic E-state index is 13.7. The van der Waals surface area contributed by atoms with Gasteiger partial charge in [-0.2, -0.15) is 0 Å². The molecule has 17 heavy (non-hydrogen) atoms. The Morgan fingerprint density at radius 2 is 1.94 bits per heavy atom. The van der Waals surface area contributed by atoms with Crippen molar-refractivity contribution in [2.75, 3.05) is 14.2 Å². The van der Waals surface area contributed by atoms with Crippen LogP contribution in [0.1, 0.15) is 25.3 Å². The fourth-order valence-corrected chi connectivity index (χ4v) is 2.39. The number of aliphatic hydroxyl groups is 1. The summed E-state index contributed by atoms with van der Waals surface area (Å²) in [6, 6.07) is 2.90. The highest BCUT2D eigenvalue weighted by Gasteiger charge is 2.52. The quantitative estimate of drug-likeness (QED) is 0.877. The number of benzene rings is 1. The fraction of sp³-hybridized carbons (Fsp3) is 0.538. The third-order valence-corrected chi connectivity index (χ3v) is 3.58. The number of hydrogen-bond acceptors (Lipinski definition) is 3. The van der Waals surface area contributed by atoms with Crippen molar-refractivity contribution in [2.45, 2.75) is 31.3 Å². The van der Waals surface area contributed by atoms with Crippen LogP contribution in [0, 0.1) is 5.82 Å². The van der Waals surface area contributed by atoms with Crippen LogP contribution < -0.4 is 9.47 Å². The van der Waals surface area contributed by atoms with Crippen LogP contribution >= 0.6 is 0 Å². The Labute approximate surface area is 100 Å². The van der Waals surface area contributed by atoms with Crippen LogP contribution in [0.2, 0.25) is 0 Å². The van der Waals surface area contributed by atoms with E-state index in [9.17, 15) is 9.50 Å². The maximum atomic E-state index is 13.7. The molecule has 0 aliphatic heterocycles. The molecule has 1 aromatic rings. The minimum Gasteiger partial charge on any atom is -0.496 e. The number of methoxy groups -OCH3 is 2. The molecule has 1 saturated carbocycles. The molecule has 4 heteroatoms. The van der Waals surface area contributed by atoms with Crippen molar-refractivity contribution < 1.29 is 19.0 Å². The van der Waals surface area contributed by atoms with Gasteiger partial charge in [0, 0.05) is 11.0 Å². The Morgan fingerprint density at radius 3 is 2.35 bits per heavy atom. The van der Waals surface area contributed by atoms with Crippen molar-refractivity contribution in [2.24, 2.45) is 0 Å². The van der Waals surface area contributed by atoms with Gasteiger partial charge < -0.3 is 14.6 Å². The molecule has 1 aromatic carbocycles. The van der Waals surface area contributed by atoms with Gasteiger partial charge in [-0.15, -0.1) is 0 Å². The van der Waals surface area contributed by atoms with Gasteiger partial charge in [-0.25, -0.2) is 4.39 Å². The molecule has 0 amide bonds. The Hall–Kier alpha value is -1.29. The molecule has 1 atom stereocenters. The molecule has 0 radical (unpaired) electrons. The molecule has 0 saturated heterocycles. The summed E-state index contributed by atoms with van der Waals surface area (Å²) in [5.74, 6) is 0.333. The van der Waals surface area contributed by atoms with E-state index in [4.69, 9.17) is 9.47 Å². The second-order valence-corrected chi connectivity index (χ2v) is 4.49. The number of ether oxygens (including phenoxy) is 2. The van der Waals surface area contributed by atoms with Crippen LogP contribution in [0.3, 0.4) is 0 Å². The Morgan fingerprint density at radius 1 is 1.29 bits per heavy atom. The van der Waals surface area contributed by atoms with Crippen molar-refractivity contribution in [3.8, 4) is 11.5 Å². The fourth-order valence-electron chi connectivity index (χ4n) is 2.39. The number of hydrogen-bond donors (Lipinski definition) is 1. The molecule has 0 spiro atoms. The van der Waals surface area contributed by atoms with Gasteiger partial charge in [0.05, 0.1) is 20.3 Å². The largest absolute Gasteiger partial charge is 0.496 e. The summed E-state index contributed by atoms with van der Waals surface area (Å²) in [4.78, 5) is 0. The Balaban J connectivity index is 2.61. The number of rotatable bonds is 4. The molecule has 1 unspecified atom stereocenters. The van der Waals surface area contributed by atoms with Gasteiger partial charge in [0.2, 0.25) is 0 Å². The summed E-state index contributed by atoms with van der Waals surface area (Å²) in [7, 11) is 2.97. The molecule has 1 aliphatic carbocycles. The van der Waals surface area contributed by atoms with E-state index < -0.39 is 17.3 Å². The average Bonchev–Trinajstić information content (AvgIpc) is 3.09. The lowest BCUT2D eigenvalue weighted by atomic mass is 9.89. The van der Waals surface area contributed by atoms with E-state index in [1.807, 2.05) is 0 Å².